The summed E-state index contributed by atoms with van der Waals surface area (Å²) in [5.74, 6) is 0.658. The van der Waals surface area contributed by atoms with Gasteiger partial charge in [0.25, 0.3) is 0 Å². The molecule has 0 aliphatic heterocycles. The van der Waals surface area contributed by atoms with Gasteiger partial charge in [-0.25, -0.2) is 0 Å². The minimum absolute atomic E-state index is 0.0815. The Morgan fingerprint density at radius 2 is 2.20 bits per heavy atom. The molecule has 0 spiro atoms. The second-order valence-corrected chi connectivity index (χ2v) is 5.80. The molecular weight excluding hydrogens is 254 g/mol. The molecule has 5 heteroatoms. The van der Waals surface area contributed by atoms with E-state index in [1.165, 1.54) is 18.4 Å². The van der Waals surface area contributed by atoms with Crippen molar-refractivity contribution >= 4 is 5.91 Å². The molecule has 1 amide bonds. The number of rotatable bonds is 7. The Morgan fingerprint density at radius 1 is 1.50 bits per heavy atom. The minimum atomic E-state index is 0.0815. The van der Waals surface area contributed by atoms with Gasteiger partial charge in [0.2, 0.25) is 5.91 Å². The average Bonchev–Trinajstić information content (AvgIpc) is 3.18. The Morgan fingerprint density at radius 3 is 2.70 bits per heavy atom. The standard InChI is InChI=1S/C15H25N3O2/c1-10-13(11(2)18(3)17-10)6-7-15(20)16-14(8-9-19)12-4-5-12/h12,14,19H,4-9H2,1-3H3,(H,16,20)/t14-/m1/s1. The van der Waals surface area contributed by atoms with Gasteiger partial charge in [0.05, 0.1) is 5.69 Å². The molecule has 0 aromatic carbocycles. The molecule has 0 radical (unpaired) electrons. The maximum absolute atomic E-state index is 12.0. The molecule has 1 atom stereocenters. The zero-order chi connectivity index (χ0) is 14.7. The maximum atomic E-state index is 12.0. The van der Waals surface area contributed by atoms with Crippen molar-refractivity contribution in [2.24, 2.45) is 13.0 Å². The Bertz CT molecular complexity index is 478. The molecule has 112 valence electrons. The number of carbonyl (C=O) groups is 1. The van der Waals surface area contributed by atoms with Gasteiger partial charge in [-0.3, -0.25) is 9.48 Å². The largest absolute Gasteiger partial charge is 0.396 e. The summed E-state index contributed by atoms with van der Waals surface area (Å²) in [5.41, 5.74) is 3.31. The molecule has 1 fully saturated rings. The lowest BCUT2D eigenvalue weighted by Crippen LogP contribution is -2.37. The van der Waals surface area contributed by atoms with Crippen molar-refractivity contribution in [2.45, 2.75) is 52.0 Å². The second-order valence-electron chi connectivity index (χ2n) is 5.80. The predicted octanol–water partition coefficient (Wildman–Crippen LogP) is 1.25. The van der Waals surface area contributed by atoms with Crippen LogP contribution < -0.4 is 5.32 Å². The maximum Gasteiger partial charge on any atom is 0.220 e. The van der Waals surface area contributed by atoms with Gasteiger partial charge in [0, 0.05) is 31.8 Å². The number of aliphatic hydroxyl groups is 1. The number of amides is 1. The molecule has 20 heavy (non-hydrogen) atoms. The summed E-state index contributed by atoms with van der Waals surface area (Å²) in [6.45, 7) is 4.16. The van der Waals surface area contributed by atoms with Gasteiger partial charge < -0.3 is 10.4 Å². The molecule has 0 unspecified atom stereocenters. The van der Waals surface area contributed by atoms with E-state index in [2.05, 4.69) is 10.4 Å². The van der Waals surface area contributed by atoms with E-state index < -0.39 is 0 Å². The quantitative estimate of drug-likeness (QED) is 0.789. The number of aromatic nitrogens is 2. The molecule has 5 nitrogen and oxygen atoms in total. The van der Waals surface area contributed by atoms with Crippen molar-refractivity contribution in [3.63, 3.8) is 0 Å². The molecule has 1 aliphatic carbocycles. The smallest absolute Gasteiger partial charge is 0.220 e. The Balaban J connectivity index is 1.85. The van der Waals surface area contributed by atoms with Crippen LogP contribution in [0.5, 0.6) is 0 Å². The van der Waals surface area contributed by atoms with E-state index in [0.717, 1.165) is 17.8 Å². The number of aryl methyl sites for hydroxylation is 2. The van der Waals surface area contributed by atoms with Crippen molar-refractivity contribution in [1.82, 2.24) is 15.1 Å². The van der Waals surface area contributed by atoms with Crippen LogP contribution in [0.4, 0.5) is 0 Å². The normalized spacial score (nSPS) is 16.2. The van der Waals surface area contributed by atoms with Gasteiger partial charge in [0.1, 0.15) is 0 Å². The van der Waals surface area contributed by atoms with Crippen molar-refractivity contribution in [2.75, 3.05) is 6.61 Å². The fourth-order valence-corrected chi connectivity index (χ4v) is 2.76. The minimum Gasteiger partial charge on any atom is -0.396 e. The third-order valence-electron chi connectivity index (χ3n) is 4.24. The van der Waals surface area contributed by atoms with E-state index in [9.17, 15) is 4.79 Å². The summed E-state index contributed by atoms with van der Waals surface area (Å²) < 4.78 is 1.86. The lowest BCUT2D eigenvalue weighted by Gasteiger charge is -2.17. The molecule has 1 aromatic rings. The van der Waals surface area contributed by atoms with Crippen molar-refractivity contribution in [1.29, 1.82) is 0 Å². The summed E-state index contributed by atoms with van der Waals surface area (Å²) in [4.78, 5) is 12.0. The van der Waals surface area contributed by atoms with Crippen LogP contribution in [0.3, 0.4) is 0 Å². The highest BCUT2D eigenvalue weighted by Crippen LogP contribution is 2.33. The number of hydrogen-bond acceptors (Lipinski definition) is 3. The SMILES string of the molecule is Cc1nn(C)c(C)c1CCC(=O)N[C@H](CCO)C1CC1. The summed E-state index contributed by atoms with van der Waals surface area (Å²) in [6, 6.07) is 0.156. The van der Waals surface area contributed by atoms with Gasteiger partial charge >= 0.3 is 0 Å². The van der Waals surface area contributed by atoms with E-state index in [1.807, 2.05) is 25.6 Å². The van der Waals surface area contributed by atoms with Crippen LogP contribution >= 0.6 is 0 Å². The van der Waals surface area contributed by atoms with Crippen LogP contribution in [0, 0.1) is 19.8 Å². The highest BCUT2D eigenvalue weighted by molar-refractivity contribution is 5.76. The Hall–Kier alpha value is -1.36. The summed E-state index contributed by atoms with van der Waals surface area (Å²) >= 11 is 0. The number of carbonyl (C=O) groups excluding carboxylic acids is 1. The molecule has 2 N–H and O–H groups in total. The Labute approximate surface area is 120 Å². The highest BCUT2D eigenvalue weighted by Gasteiger charge is 2.31. The van der Waals surface area contributed by atoms with Crippen LogP contribution in [0.2, 0.25) is 0 Å². The predicted molar refractivity (Wildman–Crippen MR) is 77.4 cm³/mol. The van der Waals surface area contributed by atoms with Gasteiger partial charge in [0.15, 0.2) is 0 Å². The van der Waals surface area contributed by atoms with Gasteiger partial charge in [-0.15, -0.1) is 0 Å². The van der Waals surface area contributed by atoms with Crippen LogP contribution in [-0.2, 0) is 18.3 Å². The van der Waals surface area contributed by atoms with Crippen LogP contribution in [0.25, 0.3) is 0 Å². The fraction of sp³-hybridized carbons (Fsp3) is 0.733. The molecule has 0 saturated heterocycles. The van der Waals surface area contributed by atoms with Crippen LogP contribution in [-0.4, -0.2) is 33.4 Å². The lowest BCUT2D eigenvalue weighted by atomic mass is 10.1. The zero-order valence-electron chi connectivity index (χ0n) is 12.6. The van der Waals surface area contributed by atoms with Crippen molar-refractivity contribution < 1.29 is 9.90 Å². The summed E-state index contributed by atoms with van der Waals surface area (Å²) in [6.07, 6.45) is 4.23. The van der Waals surface area contributed by atoms with E-state index in [4.69, 9.17) is 5.11 Å². The van der Waals surface area contributed by atoms with Gasteiger partial charge in [-0.05, 0) is 51.0 Å². The number of hydrogen-bond donors (Lipinski definition) is 2. The number of nitrogens with one attached hydrogen (secondary N) is 1. The second kappa shape index (κ2) is 6.39. The molecule has 1 heterocycles. The van der Waals surface area contributed by atoms with E-state index in [1.54, 1.807) is 0 Å². The van der Waals surface area contributed by atoms with E-state index >= 15 is 0 Å². The van der Waals surface area contributed by atoms with Gasteiger partial charge in [-0.1, -0.05) is 0 Å². The first-order valence-corrected chi connectivity index (χ1v) is 7.42. The first-order chi connectivity index (χ1) is 9.52. The first-order valence-electron chi connectivity index (χ1n) is 7.42. The average molecular weight is 279 g/mol. The van der Waals surface area contributed by atoms with E-state index in [-0.39, 0.29) is 18.6 Å². The van der Waals surface area contributed by atoms with Crippen LogP contribution in [0.15, 0.2) is 0 Å². The zero-order valence-corrected chi connectivity index (χ0v) is 12.6. The van der Waals surface area contributed by atoms with Crippen molar-refractivity contribution in [3.05, 3.63) is 17.0 Å². The molecule has 1 aliphatic rings. The lowest BCUT2D eigenvalue weighted by molar-refractivity contribution is -0.122. The first kappa shape index (κ1) is 15.0. The number of aliphatic hydroxyl groups excluding tert-OH is 1. The Kier molecular flexibility index (Phi) is 4.81. The number of nitrogens with zero attached hydrogens (tertiary/aromatic N) is 2. The summed E-state index contributed by atoms with van der Waals surface area (Å²) in [5, 5.41) is 16.5. The molecular formula is C15H25N3O2. The molecule has 1 aromatic heterocycles. The van der Waals surface area contributed by atoms with E-state index in [0.29, 0.717) is 18.8 Å². The van der Waals surface area contributed by atoms with Gasteiger partial charge in [-0.2, -0.15) is 5.10 Å². The molecule has 0 bridgehead atoms. The topological polar surface area (TPSA) is 67.2 Å². The summed E-state index contributed by atoms with van der Waals surface area (Å²) in [7, 11) is 1.93. The third-order valence-corrected chi connectivity index (χ3v) is 4.24. The molecule has 1 saturated carbocycles. The monoisotopic (exact) mass is 279 g/mol. The molecule has 2 rings (SSSR count). The van der Waals surface area contributed by atoms with Crippen molar-refractivity contribution in [3.8, 4) is 0 Å². The third kappa shape index (κ3) is 3.60. The highest BCUT2D eigenvalue weighted by atomic mass is 16.3. The van der Waals surface area contributed by atoms with Crippen LogP contribution in [0.1, 0.15) is 42.6 Å². The fourth-order valence-electron chi connectivity index (χ4n) is 2.76.